The average Bonchev–Trinajstić information content (AvgIpc) is 2.03. The third-order valence-corrected chi connectivity index (χ3v) is 1.68. The fraction of sp³-hybridized carbons (Fsp3) is 0.250. The zero-order valence-corrected chi connectivity index (χ0v) is 7.60. The van der Waals surface area contributed by atoms with Gasteiger partial charge in [-0.1, -0.05) is 0 Å². The van der Waals surface area contributed by atoms with Crippen LogP contribution < -0.4 is 5.23 Å². The average molecular weight is 161 g/mol. The first-order valence-corrected chi connectivity index (χ1v) is 3.86. The first-order chi connectivity index (χ1) is 5.65. The Morgan fingerprint density at radius 2 is 2.25 bits per heavy atom. The maximum absolute atomic E-state index is 7.47. The van der Waals surface area contributed by atoms with Crippen molar-refractivity contribution in [3.8, 4) is 0 Å². The lowest BCUT2D eigenvalue weighted by Crippen LogP contribution is -2.04. The molecular formula is C8H12BN3. The predicted octanol–water partition coefficient (Wildman–Crippen LogP) is 0.738. The molecule has 0 radical (unpaired) electrons. The van der Waals surface area contributed by atoms with Crippen LogP contribution in [-0.2, 0) is 0 Å². The summed E-state index contributed by atoms with van der Waals surface area (Å²) in [5, 5.41) is 10.4. The van der Waals surface area contributed by atoms with Crippen LogP contribution in [-0.4, -0.2) is 18.7 Å². The van der Waals surface area contributed by atoms with E-state index in [4.69, 9.17) is 5.41 Å². The molecule has 0 aliphatic carbocycles. The lowest BCUT2D eigenvalue weighted by molar-refractivity contribution is 1.20. The minimum Gasteiger partial charge on any atom is -0.419 e. The molecule has 0 fully saturated rings. The summed E-state index contributed by atoms with van der Waals surface area (Å²) in [6, 6.07) is 3.82. The summed E-state index contributed by atoms with van der Waals surface area (Å²) in [7, 11) is 1.81. The molecule has 1 heterocycles. The number of nitrogens with zero attached hydrogens (tertiary/aromatic N) is 1. The summed E-state index contributed by atoms with van der Waals surface area (Å²) < 4.78 is 0. The van der Waals surface area contributed by atoms with Crippen LogP contribution in [0.1, 0.15) is 18.2 Å². The first kappa shape index (κ1) is 8.78. The molecule has 0 bridgehead atoms. The highest BCUT2D eigenvalue weighted by molar-refractivity contribution is 6.17. The summed E-state index contributed by atoms with van der Waals surface area (Å²) in [6.45, 7) is 3.69. The Hall–Kier alpha value is -1.32. The first-order valence-electron chi connectivity index (χ1n) is 3.86. The van der Waals surface area contributed by atoms with Gasteiger partial charge in [-0.15, -0.1) is 0 Å². The monoisotopic (exact) mass is 161 g/mol. The van der Waals surface area contributed by atoms with Gasteiger partial charge in [-0.05, 0) is 26.0 Å². The molecule has 0 aliphatic rings. The van der Waals surface area contributed by atoms with Crippen molar-refractivity contribution in [1.29, 1.82) is 5.41 Å². The third-order valence-electron chi connectivity index (χ3n) is 1.68. The van der Waals surface area contributed by atoms with Gasteiger partial charge >= 0.3 is 0 Å². The van der Waals surface area contributed by atoms with E-state index in [9.17, 15) is 0 Å². The van der Waals surface area contributed by atoms with Crippen molar-refractivity contribution in [1.82, 2.24) is 4.98 Å². The van der Waals surface area contributed by atoms with E-state index in [0.717, 1.165) is 17.1 Å². The van der Waals surface area contributed by atoms with Gasteiger partial charge in [0, 0.05) is 17.0 Å². The van der Waals surface area contributed by atoms with Crippen molar-refractivity contribution < 1.29 is 0 Å². The highest BCUT2D eigenvalue weighted by Gasteiger charge is 2.03. The van der Waals surface area contributed by atoms with E-state index < -0.39 is 0 Å². The van der Waals surface area contributed by atoms with Crippen LogP contribution in [0.3, 0.4) is 0 Å². The topological polar surface area (TPSA) is 48.8 Å². The van der Waals surface area contributed by atoms with Crippen molar-refractivity contribution in [3.63, 3.8) is 0 Å². The van der Waals surface area contributed by atoms with Gasteiger partial charge in [0.1, 0.15) is 5.82 Å². The summed E-state index contributed by atoms with van der Waals surface area (Å²) in [5.41, 5.74) is 2.36. The van der Waals surface area contributed by atoms with Crippen LogP contribution in [0.25, 0.3) is 0 Å². The summed E-state index contributed by atoms with van der Waals surface area (Å²) in [5.74, 6) is 0.780. The predicted molar refractivity (Wildman–Crippen MR) is 53.6 cm³/mol. The molecule has 0 aromatic carbocycles. The zero-order valence-electron chi connectivity index (χ0n) is 7.60. The Kier molecular flexibility index (Phi) is 2.48. The van der Waals surface area contributed by atoms with Crippen molar-refractivity contribution in [2.45, 2.75) is 13.8 Å². The zero-order chi connectivity index (χ0) is 9.14. The van der Waals surface area contributed by atoms with Gasteiger partial charge in [-0.3, -0.25) is 0 Å². The van der Waals surface area contributed by atoms with E-state index in [1.165, 1.54) is 0 Å². The number of aryl methyl sites for hydroxylation is 1. The van der Waals surface area contributed by atoms with Crippen LogP contribution in [0.15, 0.2) is 12.1 Å². The number of hydrogen-bond donors (Lipinski definition) is 2. The number of aromatic nitrogens is 1. The Morgan fingerprint density at radius 1 is 1.58 bits per heavy atom. The lowest BCUT2D eigenvalue weighted by Gasteiger charge is -2.06. The molecule has 1 aromatic heterocycles. The van der Waals surface area contributed by atoms with Gasteiger partial charge in [0.05, 0.1) is 0 Å². The van der Waals surface area contributed by atoms with Crippen molar-refractivity contribution in [3.05, 3.63) is 23.4 Å². The molecule has 0 amide bonds. The number of pyridine rings is 1. The van der Waals surface area contributed by atoms with Gasteiger partial charge in [-0.2, -0.15) is 0 Å². The second-order valence-corrected chi connectivity index (χ2v) is 2.72. The van der Waals surface area contributed by atoms with Crippen LogP contribution in [0, 0.1) is 12.3 Å². The molecule has 0 unspecified atom stereocenters. The van der Waals surface area contributed by atoms with Gasteiger partial charge in [0.25, 0.3) is 0 Å². The summed E-state index contributed by atoms with van der Waals surface area (Å²) in [6.07, 6.45) is 0. The van der Waals surface area contributed by atoms with E-state index in [1.807, 2.05) is 27.0 Å². The fourth-order valence-corrected chi connectivity index (χ4v) is 1.05. The summed E-state index contributed by atoms with van der Waals surface area (Å²) in [4.78, 5) is 4.26. The van der Waals surface area contributed by atoms with Gasteiger partial charge in [0.15, 0.2) is 0 Å². The second-order valence-electron chi connectivity index (χ2n) is 2.72. The van der Waals surface area contributed by atoms with Crippen LogP contribution in [0.5, 0.6) is 0 Å². The Morgan fingerprint density at radius 3 is 2.75 bits per heavy atom. The van der Waals surface area contributed by atoms with Crippen LogP contribution >= 0.6 is 0 Å². The normalized spacial score (nSPS) is 9.50. The Bertz CT molecular complexity index is 309. The van der Waals surface area contributed by atoms with E-state index >= 15 is 0 Å². The van der Waals surface area contributed by atoms with E-state index in [1.54, 1.807) is 6.92 Å². The van der Waals surface area contributed by atoms with E-state index in [-0.39, 0.29) is 0 Å². The number of hydrogen-bond acceptors (Lipinski definition) is 3. The van der Waals surface area contributed by atoms with Crippen LogP contribution in [0.2, 0.25) is 0 Å². The molecule has 12 heavy (non-hydrogen) atoms. The molecule has 1 rings (SSSR count). The Balaban J connectivity index is 3.20. The largest absolute Gasteiger partial charge is 0.419 e. The van der Waals surface area contributed by atoms with Crippen molar-refractivity contribution >= 4 is 19.5 Å². The molecule has 3 nitrogen and oxygen atoms in total. The van der Waals surface area contributed by atoms with Crippen molar-refractivity contribution in [2.24, 2.45) is 0 Å². The number of anilines is 1. The molecule has 4 heteroatoms. The molecule has 2 N–H and O–H groups in total. The van der Waals surface area contributed by atoms with Crippen molar-refractivity contribution in [2.75, 3.05) is 5.23 Å². The molecule has 0 atom stereocenters. The standard InChI is InChI=1S/C8H12BN3/c1-5-3-4-7(6(2)10)8(11-5)12-9/h3-4,10H,9H2,1-2H3,(H,11,12). The molecule has 62 valence electrons. The summed E-state index contributed by atoms with van der Waals surface area (Å²) >= 11 is 0. The smallest absolute Gasteiger partial charge is 0.215 e. The highest BCUT2D eigenvalue weighted by atomic mass is 14.9. The Labute approximate surface area is 73.2 Å². The second kappa shape index (κ2) is 3.39. The fourth-order valence-electron chi connectivity index (χ4n) is 1.05. The van der Waals surface area contributed by atoms with Crippen LogP contribution in [0.4, 0.5) is 5.82 Å². The third kappa shape index (κ3) is 1.64. The maximum atomic E-state index is 7.47. The number of nitrogens with one attached hydrogen (secondary N) is 2. The molecule has 0 spiro atoms. The van der Waals surface area contributed by atoms with E-state index in [0.29, 0.717) is 5.71 Å². The SMILES string of the molecule is BNc1nc(C)ccc1C(C)=N. The quantitative estimate of drug-likeness (QED) is 0.496. The minimum absolute atomic E-state index is 0.534. The van der Waals surface area contributed by atoms with E-state index in [2.05, 4.69) is 10.2 Å². The highest BCUT2D eigenvalue weighted by Crippen LogP contribution is 2.12. The maximum Gasteiger partial charge on any atom is 0.215 e. The lowest BCUT2D eigenvalue weighted by atomic mass is 10.1. The molecular weight excluding hydrogens is 149 g/mol. The number of rotatable bonds is 2. The van der Waals surface area contributed by atoms with Gasteiger partial charge in [0.2, 0.25) is 7.98 Å². The molecule has 0 aliphatic heterocycles. The molecule has 0 saturated carbocycles. The minimum atomic E-state index is 0.534. The van der Waals surface area contributed by atoms with Gasteiger partial charge < -0.3 is 10.6 Å². The van der Waals surface area contributed by atoms with Gasteiger partial charge in [-0.25, -0.2) is 4.98 Å². The molecule has 1 aromatic rings. The molecule has 0 saturated heterocycles.